The van der Waals surface area contributed by atoms with Gasteiger partial charge in [0.2, 0.25) is 53.2 Å². The first-order valence-corrected chi connectivity index (χ1v) is 19.2. The van der Waals surface area contributed by atoms with Gasteiger partial charge in [0.25, 0.3) is 0 Å². The van der Waals surface area contributed by atoms with Crippen LogP contribution >= 0.6 is 0 Å². The summed E-state index contributed by atoms with van der Waals surface area (Å²) >= 11 is 0. The molecule has 308 valence electrons. The maximum absolute atomic E-state index is 14.2. The Hall–Kier alpha value is -4.81. The molecule has 9 amide bonds. The molecule has 3 aliphatic rings. The third-order valence-corrected chi connectivity index (χ3v) is 10.3. The van der Waals surface area contributed by atoms with Crippen molar-refractivity contribution in [1.29, 1.82) is 0 Å². The first-order chi connectivity index (χ1) is 25.9. The first kappa shape index (κ1) is 44.6. The summed E-state index contributed by atoms with van der Waals surface area (Å²) in [6.45, 7) is 9.74. The lowest BCUT2D eigenvalue weighted by atomic mass is 9.96. The van der Waals surface area contributed by atoms with Crippen molar-refractivity contribution in [3.8, 4) is 0 Å². The number of fused-ring (bicyclic) bond motifs is 2. The van der Waals surface area contributed by atoms with E-state index in [4.69, 9.17) is 5.73 Å². The van der Waals surface area contributed by atoms with Crippen LogP contribution < -0.4 is 37.6 Å². The van der Waals surface area contributed by atoms with Gasteiger partial charge in [-0.3, -0.25) is 43.2 Å². The van der Waals surface area contributed by atoms with Crippen molar-refractivity contribution in [1.82, 2.24) is 41.7 Å². The lowest BCUT2D eigenvalue weighted by Crippen LogP contribution is -2.61. The van der Waals surface area contributed by atoms with E-state index in [2.05, 4.69) is 31.9 Å². The van der Waals surface area contributed by atoms with Gasteiger partial charge in [-0.1, -0.05) is 34.1 Å². The molecular formula is C36H59N9O10. The zero-order chi connectivity index (χ0) is 41.1. The monoisotopic (exact) mass is 777 g/mol. The van der Waals surface area contributed by atoms with Gasteiger partial charge in [-0.25, -0.2) is 0 Å². The number of primary amides is 1. The van der Waals surface area contributed by atoms with Crippen molar-refractivity contribution in [2.24, 2.45) is 17.6 Å². The van der Waals surface area contributed by atoms with Crippen LogP contribution in [-0.2, 0) is 43.2 Å². The van der Waals surface area contributed by atoms with Gasteiger partial charge < -0.3 is 52.5 Å². The van der Waals surface area contributed by atoms with Crippen LogP contribution in [-0.4, -0.2) is 136 Å². The number of aliphatic hydroxyl groups is 1. The third kappa shape index (κ3) is 12.1. The molecule has 3 saturated heterocycles. The molecule has 3 fully saturated rings. The van der Waals surface area contributed by atoms with Crippen molar-refractivity contribution in [3.63, 3.8) is 0 Å². The largest absolute Gasteiger partial charge is 0.391 e. The second-order valence-electron chi connectivity index (χ2n) is 15.2. The van der Waals surface area contributed by atoms with E-state index in [0.29, 0.717) is 25.7 Å². The Morgan fingerprint density at radius 3 is 1.84 bits per heavy atom. The molecule has 55 heavy (non-hydrogen) atoms. The van der Waals surface area contributed by atoms with Gasteiger partial charge >= 0.3 is 0 Å². The Morgan fingerprint density at radius 1 is 0.745 bits per heavy atom. The maximum Gasteiger partial charge on any atom is 0.246 e. The zero-order valence-electron chi connectivity index (χ0n) is 32.6. The summed E-state index contributed by atoms with van der Waals surface area (Å²) < 4.78 is 0. The third-order valence-electron chi connectivity index (χ3n) is 10.3. The summed E-state index contributed by atoms with van der Waals surface area (Å²) in [7, 11) is 0. The van der Waals surface area contributed by atoms with E-state index < -0.39 is 108 Å². The normalized spacial score (nSPS) is 29.5. The molecule has 3 aliphatic heterocycles. The summed E-state index contributed by atoms with van der Waals surface area (Å²) in [5.41, 5.74) is 5.33. The summed E-state index contributed by atoms with van der Waals surface area (Å²) in [5.74, 6) is -6.84. The molecule has 0 aliphatic carbocycles. The first-order valence-electron chi connectivity index (χ1n) is 19.2. The second-order valence-corrected chi connectivity index (χ2v) is 15.2. The lowest BCUT2D eigenvalue weighted by Gasteiger charge is -2.34. The van der Waals surface area contributed by atoms with Gasteiger partial charge in [0.05, 0.1) is 12.6 Å². The number of nitrogens with zero attached hydrogens (tertiary/aromatic N) is 2. The highest BCUT2D eigenvalue weighted by Crippen LogP contribution is 2.24. The fraction of sp³-hybridized carbons (Fsp3) is 0.750. The van der Waals surface area contributed by atoms with Crippen LogP contribution in [0.2, 0.25) is 0 Å². The smallest absolute Gasteiger partial charge is 0.246 e. The number of aliphatic hydroxyl groups excluding tert-OH is 1. The average Bonchev–Trinajstić information content (AvgIpc) is 3.82. The maximum atomic E-state index is 14.2. The number of carbonyl (C=O) groups excluding carboxylic acids is 9. The van der Waals surface area contributed by atoms with Crippen LogP contribution in [0.25, 0.3) is 0 Å². The molecule has 0 bridgehead atoms. The zero-order valence-corrected chi connectivity index (χ0v) is 32.6. The van der Waals surface area contributed by atoms with Crippen LogP contribution in [0.1, 0.15) is 92.9 Å². The molecule has 19 heteroatoms. The van der Waals surface area contributed by atoms with Crippen LogP contribution in [0.4, 0.5) is 0 Å². The molecule has 3 rings (SSSR count). The summed E-state index contributed by atoms with van der Waals surface area (Å²) in [5, 5.41) is 25.7. The molecule has 19 nitrogen and oxygen atoms in total. The number of hydrogen-bond acceptors (Lipinski definition) is 10. The number of nitrogens with one attached hydrogen (secondary N) is 6. The SMILES string of the molecule is CC[C@@H](C)[C@@H]1NC(=O)[C@@H]2CCCN2C(=O)[C@H](CC(C)C)NC(=O)[C@H](C)NC(=O)CNC(=O)[C@H]([C@@H](C)O)NC(=O)[C@H](CCC(N)=O)NC(=O)[C@@H]2CCCN2C1=O. The van der Waals surface area contributed by atoms with Gasteiger partial charge in [-0.15, -0.1) is 0 Å². The van der Waals surface area contributed by atoms with E-state index in [1.165, 1.54) is 23.6 Å². The summed E-state index contributed by atoms with van der Waals surface area (Å²) in [4.78, 5) is 123. The Labute approximate surface area is 321 Å². The fourth-order valence-corrected chi connectivity index (χ4v) is 7.02. The molecule has 0 aromatic rings. The van der Waals surface area contributed by atoms with Crippen LogP contribution in [0.15, 0.2) is 0 Å². The summed E-state index contributed by atoms with van der Waals surface area (Å²) in [6, 6.07) is -8.28. The van der Waals surface area contributed by atoms with Crippen molar-refractivity contribution in [3.05, 3.63) is 0 Å². The molecule has 0 radical (unpaired) electrons. The van der Waals surface area contributed by atoms with Crippen molar-refractivity contribution >= 4 is 53.2 Å². The predicted octanol–water partition coefficient (Wildman–Crippen LogP) is -2.72. The second kappa shape index (κ2) is 20.2. The summed E-state index contributed by atoms with van der Waals surface area (Å²) in [6.07, 6.45) is 0.121. The lowest BCUT2D eigenvalue weighted by molar-refractivity contribution is -0.145. The van der Waals surface area contributed by atoms with Crippen LogP contribution in [0.3, 0.4) is 0 Å². The minimum atomic E-state index is -1.61. The predicted molar refractivity (Wildman–Crippen MR) is 197 cm³/mol. The van der Waals surface area contributed by atoms with Gasteiger partial charge in [-0.05, 0) is 64.2 Å². The molecule has 9 N–H and O–H groups in total. The van der Waals surface area contributed by atoms with Gasteiger partial charge in [0.1, 0.15) is 42.3 Å². The van der Waals surface area contributed by atoms with E-state index in [0.717, 1.165) is 0 Å². The Bertz CT molecular complexity index is 1470. The van der Waals surface area contributed by atoms with E-state index in [1.54, 1.807) is 6.92 Å². The standard InChI is InChI=1S/C36H59N9O10/c1-7-19(4)28-36(55)45-15-9-10-24(45)32(51)40-22(12-13-26(37)47)31(50)43-29(21(6)46)34(53)38-17-27(48)39-20(5)30(49)41-23(16-18(2)3)35(54)44-14-8-11-25(44)33(52)42-28/h18-25,28-29,46H,7-17H2,1-6H3,(H2,37,47)(H,38,53)(H,39,48)(H,40,51)(H,41,49)(H,42,52)(H,43,50)/t19-,20+,21-,22+,23+,24+,25+,28+,29+/m1/s1. The topological polar surface area (TPSA) is 279 Å². The molecular weight excluding hydrogens is 718 g/mol. The Balaban J connectivity index is 2.02. The highest BCUT2D eigenvalue weighted by molar-refractivity contribution is 5.99. The molecule has 0 aromatic heterocycles. The van der Waals surface area contributed by atoms with Gasteiger partial charge in [0.15, 0.2) is 0 Å². The van der Waals surface area contributed by atoms with E-state index in [9.17, 15) is 48.3 Å². The van der Waals surface area contributed by atoms with Crippen molar-refractivity contribution in [2.45, 2.75) is 141 Å². The van der Waals surface area contributed by atoms with Crippen molar-refractivity contribution in [2.75, 3.05) is 19.6 Å². The van der Waals surface area contributed by atoms with Crippen LogP contribution in [0, 0.1) is 11.8 Å². The Kier molecular flexibility index (Phi) is 16.4. The van der Waals surface area contributed by atoms with E-state index >= 15 is 0 Å². The Morgan fingerprint density at radius 2 is 1.29 bits per heavy atom. The highest BCUT2D eigenvalue weighted by atomic mass is 16.3. The quantitative estimate of drug-likeness (QED) is 0.126. The van der Waals surface area contributed by atoms with Crippen LogP contribution in [0.5, 0.6) is 0 Å². The molecule has 0 aromatic carbocycles. The van der Waals surface area contributed by atoms with Gasteiger partial charge in [0, 0.05) is 19.5 Å². The molecule has 9 atom stereocenters. The van der Waals surface area contributed by atoms with Gasteiger partial charge in [-0.2, -0.15) is 0 Å². The molecule has 0 unspecified atom stereocenters. The number of amides is 9. The minimum Gasteiger partial charge on any atom is -0.391 e. The number of hydrogen-bond donors (Lipinski definition) is 8. The minimum absolute atomic E-state index is 0.0464. The fourth-order valence-electron chi connectivity index (χ4n) is 7.02. The highest BCUT2D eigenvalue weighted by Gasteiger charge is 2.43. The molecule has 3 heterocycles. The number of rotatable bonds is 8. The number of nitrogens with two attached hydrogens (primary N) is 1. The van der Waals surface area contributed by atoms with Crippen molar-refractivity contribution < 1.29 is 48.3 Å². The van der Waals surface area contributed by atoms with E-state index in [1.807, 2.05) is 20.8 Å². The average molecular weight is 778 g/mol. The van der Waals surface area contributed by atoms with E-state index in [-0.39, 0.29) is 50.6 Å². The molecule has 0 saturated carbocycles. The molecule has 0 spiro atoms. The number of carbonyl (C=O) groups is 9.